The highest BCUT2D eigenvalue weighted by Gasteiger charge is 2.09. The normalized spacial score (nSPS) is 12.4. The first-order chi connectivity index (χ1) is 9.24. The van der Waals surface area contributed by atoms with Gasteiger partial charge in [-0.2, -0.15) is 4.98 Å². The number of aromatic nitrogens is 2. The Labute approximate surface area is 113 Å². The molecule has 0 aliphatic heterocycles. The molecular formula is C14H20N4O. The van der Waals surface area contributed by atoms with Gasteiger partial charge in [0.05, 0.1) is 5.52 Å². The quantitative estimate of drug-likeness (QED) is 0.743. The Morgan fingerprint density at radius 3 is 2.79 bits per heavy atom. The van der Waals surface area contributed by atoms with Crippen molar-refractivity contribution in [2.75, 3.05) is 23.8 Å². The molecule has 3 N–H and O–H groups in total. The van der Waals surface area contributed by atoms with Crippen LogP contribution in [-0.2, 0) is 0 Å². The SMILES string of the molecule is CCNc1nc(NC(C)CCO)c2ccccc2n1. The summed E-state index contributed by atoms with van der Waals surface area (Å²) < 4.78 is 0. The minimum Gasteiger partial charge on any atom is -0.396 e. The lowest BCUT2D eigenvalue weighted by atomic mass is 10.2. The number of aliphatic hydroxyl groups excluding tert-OH is 1. The van der Waals surface area contributed by atoms with E-state index in [1.54, 1.807) is 0 Å². The van der Waals surface area contributed by atoms with Crippen LogP contribution in [0.2, 0.25) is 0 Å². The number of nitrogens with one attached hydrogen (secondary N) is 2. The first-order valence-electron chi connectivity index (χ1n) is 6.62. The van der Waals surface area contributed by atoms with Crippen LogP contribution in [0.1, 0.15) is 20.3 Å². The summed E-state index contributed by atoms with van der Waals surface area (Å²) in [6.07, 6.45) is 0.689. The van der Waals surface area contributed by atoms with Crippen molar-refractivity contribution in [3.05, 3.63) is 24.3 Å². The highest BCUT2D eigenvalue weighted by Crippen LogP contribution is 2.22. The molecule has 2 aromatic rings. The molecule has 2 rings (SSSR count). The van der Waals surface area contributed by atoms with Crippen LogP contribution in [0.25, 0.3) is 10.9 Å². The van der Waals surface area contributed by atoms with Gasteiger partial charge in [0.2, 0.25) is 5.95 Å². The van der Waals surface area contributed by atoms with Gasteiger partial charge in [0.25, 0.3) is 0 Å². The summed E-state index contributed by atoms with van der Waals surface area (Å²) in [6, 6.07) is 8.07. The lowest BCUT2D eigenvalue weighted by Crippen LogP contribution is -2.18. The Morgan fingerprint density at radius 2 is 2.05 bits per heavy atom. The van der Waals surface area contributed by atoms with Crippen LogP contribution in [0, 0.1) is 0 Å². The maximum absolute atomic E-state index is 8.98. The van der Waals surface area contributed by atoms with Crippen LogP contribution in [-0.4, -0.2) is 34.3 Å². The van der Waals surface area contributed by atoms with Gasteiger partial charge < -0.3 is 15.7 Å². The number of anilines is 2. The molecular weight excluding hydrogens is 240 g/mol. The highest BCUT2D eigenvalue weighted by atomic mass is 16.3. The molecule has 0 aliphatic rings. The van der Waals surface area contributed by atoms with Gasteiger partial charge in [-0.3, -0.25) is 0 Å². The predicted octanol–water partition coefficient (Wildman–Crippen LogP) is 2.24. The Kier molecular flexibility index (Phi) is 4.52. The van der Waals surface area contributed by atoms with Crippen molar-refractivity contribution in [2.45, 2.75) is 26.3 Å². The Balaban J connectivity index is 2.38. The second-order valence-electron chi connectivity index (χ2n) is 4.50. The van der Waals surface area contributed by atoms with Gasteiger partial charge in [-0.05, 0) is 32.4 Å². The molecule has 19 heavy (non-hydrogen) atoms. The third kappa shape index (κ3) is 3.32. The Hall–Kier alpha value is -1.88. The molecule has 1 aromatic carbocycles. The average Bonchev–Trinajstić information content (AvgIpc) is 2.39. The lowest BCUT2D eigenvalue weighted by molar-refractivity contribution is 0.282. The average molecular weight is 260 g/mol. The molecule has 0 spiro atoms. The molecule has 5 heteroatoms. The number of hydrogen-bond acceptors (Lipinski definition) is 5. The second kappa shape index (κ2) is 6.33. The smallest absolute Gasteiger partial charge is 0.225 e. The van der Waals surface area contributed by atoms with Crippen LogP contribution >= 0.6 is 0 Å². The third-order valence-electron chi connectivity index (χ3n) is 2.88. The highest BCUT2D eigenvalue weighted by molar-refractivity contribution is 5.90. The van der Waals surface area contributed by atoms with E-state index in [-0.39, 0.29) is 12.6 Å². The number of benzene rings is 1. The van der Waals surface area contributed by atoms with E-state index in [2.05, 4.69) is 20.6 Å². The molecule has 0 bridgehead atoms. The van der Waals surface area contributed by atoms with E-state index in [1.165, 1.54) is 0 Å². The van der Waals surface area contributed by atoms with E-state index in [4.69, 9.17) is 5.11 Å². The molecule has 1 unspecified atom stereocenters. The number of aliphatic hydroxyl groups is 1. The second-order valence-corrected chi connectivity index (χ2v) is 4.50. The summed E-state index contributed by atoms with van der Waals surface area (Å²) >= 11 is 0. The number of hydrogen-bond donors (Lipinski definition) is 3. The molecule has 0 amide bonds. The van der Waals surface area contributed by atoms with E-state index in [0.29, 0.717) is 12.4 Å². The summed E-state index contributed by atoms with van der Waals surface area (Å²) in [7, 11) is 0. The van der Waals surface area contributed by atoms with Crippen molar-refractivity contribution in [3.8, 4) is 0 Å². The summed E-state index contributed by atoms with van der Waals surface area (Å²) in [5.74, 6) is 1.43. The van der Waals surface area contributed by atoms with Crippen LogP contribution in [0.5, 0.6) is 0 Å². The maximum atomic E-state index is 8.98. The first-order valence-corrected chi connectivity index (χ1v) is 6.62. The molecule has 1 aromatic heterocycles. The van der Waals surface area contributed by atoms with Crippen molar-refractivity contribution >= 4 is 22.7 Å². The number of nitrogens with zero attached hydrogens (tertiary/aromatic N) is 2. The predicted molar refractivity (Wildman–Crippen MR) is 78.5 cm³/mol. The summed E-state index contributed by atoms with van der Waals surface area (Å²) in [5.41, 5.74) is 0.909. The van der Waals surface area contributed by atoms with Gasteiger partial charge in [-0.1, -0.05) is 12.1 Å². The maximum Gasteiger partial charge on any atom is 0.225 e. The van der Waals surface area contributed by atoms with Crippen molar-refractivity contribution in [3.63, 3.8) is 0 Å². The minimum atomic E-state index is 0.164. The Bertz CT molecular complexity index is 544. The van der Waals surface area contributed by atoms with Crippen molar-refractivity contribution in [1.29, 1.82) is 0 Å². The molecule has 0 radical (unpaired) electrons. The lowest BCUT2D eigenvalue weighted by Gasteiger charge is -2.16. The molecule has 0 saturated heterocycles. The first kappa shape index (κ1) is 13.5. The van der Waals surface area contributed by atoms with E-state index < -0.39 is 0 Å². The Morgan fingerprint density at radius 1 is 1.26 bits per heavy atom. The van der Waals surface area contributed by atoms with Crippen molar-refractivity contribution < 1.29 is 5.11 Å². The van der Waals surface area contributed by atoms with Crippen molar-refractivity contribution in [2.24, 2.45) is 0 Å². The molecule has 0 saturated carbocycles. The summed E-state index contributed by atoms with van der Waals surface area (Å²) in [6.45, 7) is 4.99. The zero-order chi connectivity index (χ0) is 13.7. The topological polar surface area (TPSA) is 70.1 Å². The molecule has 5 nitrogen and oxygen atoms in total. The molecule has 0 aliphatic carbocycles. The molecule has 1 atom stereocenters. The fourth-order valence-electron chi connectivity index (χ4n) is 1.92. The van der Waals surface area contributed by atoms with E-state index in [9.17, 15) is 0 Å². The van der Waals surface area contributed by atoms with Gasteiger partial charge in [-0.25, -0.2) is 4.98 Å². The van der Waals surface area contributed by atoms with Crippen molar-refractivity contribution in [1.82, 2.24) is 9.97 Å². The fraction of sp³-hybridized carbons (Fsp3) is 0.429. The monoisotopic (exact) mass is 260 g/mol. The number of para-hydroxylation sites is 1. The van der Waals surface area contributed by atoms with Gasteiger partial charge >= 0.3 is 0 Å². The zero-order valence-electron chi connectivity index (χ0n) is 11.3. The summed E-state index contributed by atoms with van der Waals surface area (Å²) in [4.78, 5) is 8.97. The van der Waals surface area contributed by atoms with Gasteiger partial charge in [0, 0.05) is 24.6 Å². The van der Waals surface area contributed by atoms with Crippen LogP contribution in [0.15, 0.2) is 24.3 Å². The van der Waals surface area contributed by atoms with E-state index >= 15 is 0 Å². The number of rotatable bonds is 6. The number of fused-ring (bicyclic) bond motifs is 1. The van der Waals surface area contributed by atoms with Crippen LogP contribution < -0.4 is 10.6 Å². The zero-order valence-corrected chi connectivity index (χ0v) is 11.3. The van der Waals surface area contributed by atoms with Crippen LogP contribution in [0.4, 0.5) is 11.8 Å². The third-order valence-corrected chi connectivity index (χ3v) is 2.88. The van der Waals surface area contributed by atoms with Crippen LogP contribution in [0.3, 0.4) is 0 Å². The van der Waals surface area contributed by atoms with E-state index in [1.807, 2.05) is 38.1 Å². The standard InChI is InChI=1S/C14H20N4O/c1-3-15-14-17-12-7-5-4-6-11(12)13(18-14)16-10(2)8-9-19/h4-7,10,19H,3,8-9H2,1-2H3,(H2,15,16,17,18). The van der Waals surface area contributed by atoms with Gasteiger partial charge in [0.1, 0.15) is 5.82 Å². The summed E-state index contributed by atoms with van der Waals surface area (Å²) in [5, 5.41) is 16.4. The molecule has 0 fully saturated rings. The molecule has 102 valence electrons. The van der Waals surface area contributed by atoms with E-state index in [0.717, 1.165) is 23.3 Å². The largest absolute Gasteiger partial charge is 0.396 e. The fourth-order valence-corrected chi connectivity index (χ4v) is 1.92. The molecule has 1 heterocycles. The van der Waals surface area contributed by atoms with Gasteiger partial charge in [-0.15, -0.1) is 0 Å². The van der Waals surface area contributed by atoms with Gasteiger partial charge in [0.15, 0.2) is 0 Å². The minimum absolute atomic E-state index is 0.164.